The Morgan fingerprint density at radius 3 is 2.86 bits per heavy atom. The maximum absolute atomic E-state index is 14.0. The van der Waals surface area contributed by atoms with Gasteiger partial charge in [0.1, 0.15) is 18.2 Å². The summed E-state index contributed by atoms with van der Waals surface area (Å²) >= 11 is 1.32. The number of rotatable bonds is 7. The number of aromatic nitrogens is 2. The number of hydrogen-bond acceptors (Lipinski definition) is 6. The number of allylic oxidation sites excluding steroid dienone is 1. The minimum atomic E-state index is -0.825. The molecule has 29 heavy (non-hydrogen) atoms. The van der Waals surface area contributed by atoms with Crippen molar-refractivity contribution in [2.75, 3.05) is 17.7 Å². The summed E-state index contributed by atoms with van der Waals surface area (Å²) in [5, 5.41) is 3.45. The molecule has 0 radical (unpaired) electrons. The molecule has 0 spiro atoms. The van der Waals surface area contributed by atoms with Crippen LogP contribution in [0.1, 0.15) is 24.0 Å². The van der Waals surface area contributed by atoms with Gasteiger partial charge in [-0.1, -0.05) is 42.6 Å². The number of benzene rings is 1. The van der Waals surface area contributed by atoms with Crippen molar-refractivity contribution in [3.63, 3.8) is 0 Å². The summed E-state index contributed by atoms with van der Waals surface area (Å²) in [7, 11) is 0. The molecule has 6 nitrogen and oxygen atoms in total. The largest absolute Gasteiger partial charge is 0.458 e. The van der Waals surface area contributed by atoms with E-state index in [0.717, 1.165) is 0 Å². The SMILES string of the molecule is C=CCOC(=O)C1=C(C)Nc2nc(SCC=C)[nH]c(=O)c2C1c1cccc(F)c1. The minimum absolute atomic E-state index is 0.0179. The van der Waals surface area contributed by atoms with Crippen molar-refractivity contribution >= 4 is 23.5 Å². The number of esters is 1. The molecule has 0 aliphatic carbocycles. The van der Waals surface area contributed by atoms with Crippen LogP contribution in [0.2, 0.25) is 0 Å². The summed E-state index contributed by atoms with van der Waals surface area (Å²) in [6.45, 7) is 8.90. The molecule has 0 fully saturated rings. The Labute approximate surface area is 171 Å². The zero-order valence-electron chi connectivity index (χ0n) is 15.8. The van der Waals surface area contributed by atoms with Crippen LogP contribution in [0, 0.1) is 5.82 Å². The molecule has 2 aromatic rings. The van der Waals surface area contributed by atoms with E-state index in [2.05, 4.69) is 28.4 Å². The second-order valence-corrected chi connectivity index (χ2v) is 7.28. The number of H-pyrrole nitrogens is 1. The standard InChI is InChI=1S/C21H20FN3O3S/c1-4-9-28-20(27)15-12(3)23-18-17(16(15)13-7-6-8-14(22)11-13)19(26)25-21(24-18)29-10-5-2/h4-8,11,16H,1-2,9-10H2,3H3,(H2,23,24,25,26). The molecule has 0 amide bonds. The van der Waals surface area contributed by atoms with Gasteiger partial charge in [-0.2, -0.15) is 0 Å². The molecule has 2 heterocycles. The van der Waals surface area contributed by atoms with Crippen molar-refractivity contribution < 1.29 is 13.9 Å². The number of nitrogens with zero attached hydrogens (tertiary/aromatic N) is 1. The highest BCUT2D eigenvalue weighted by atomic mass is 32.2. The predicted octanol–water partition coefficient (Wildman–Crippen LogP) is 3.75. The van der Waals surface area contributed by atoms with Gasteiger partial charge in [-0.05, 0) is 24.6 Å². The lowest BCUT2D eigenvalue weighted by Gasteiger charge is -2.28. The highest BCUT2D eigenvalue weighted by Crippen LogP contribution is 2.40. The van der Waals surface area contributed by atoms with Crippen molar-refractivity contribution in [2.45, 2.75) is 18.0 Å². The van der Waals surface area contributed by atoms with Gasteiger partial charge < -0.3 is 15.0 Å². The van der Waals surface area contributed by atoms with E-state index in [4.69, 9.17) is 4.74 Å². The van der Waals surface area contributed by atoms with E-state index in [-0.39, 0.29) is 17.7 Å². The molecule has 1 atom stereocenters. The zero-order valence-corrected chi connectivity index (χ0v) is 16.6. The fraction of sp³-hybridized carbons (Fsp3) is 0.190. The lowest BCUT2D eigenvalue weighted by Crippen LogP contribution is -2.31. The summed E-state index contributed by atoms with van der Waals surface area (Å²) in [5.41, 5.74) is 0.985. The Balaban J connectivity index is 2.18. The first-order valence-corrected chi connectivity index (χ1v) is 9.84. The van der Waals surface area contributed by atoms with Gasteiger partial charge in [0.25, 0.3) is 5.56 Å². The summed E-state index contributed by atoms with van der Waals surface area (Å²) in [4.78, 5) is 32.9. The second-order valence-electron chi connectivity index (χ2n) is 6.27. The van der Waals surface area contributed by atoms with Crippen LogP contribution in [0.15, 0.2) is 70.8 Å². The maximum Gasteiger partial charge on any atom is 0.337 e. The first-order valence-electron chi connectivity index (χ1n) is 8.85. The Morgan fingerprint density at radius 2 is 2.17 bits per heavy atom. The van der Waals surface area contributed by atoms with E-state index in [9.17, 15) is 14.0 Å². The van der Waals surface area contributed by atoms with Gasteiger partial charge in [-0.3, -0.25) is 4.79 Å². The van der Waals surface area contributed by atoms with Crippen molar-refractivity contribution in [1.82, 2.24) is 9.97 Å². The predicted molar refractivity (Wildman–Crippen MR) is 112 cm³/mol. The van der Waals surface area contributed by atoms with Crippen LogP contribution in [0.25, 0.3) is 0 Å². The highest BCUT2D eigenvalue weighted by molar-refractivity contribution is 7.99. The first-order chi connectivity index (χ1) is 14.0. The summed E-state index contributed by atoms with van der Waals surface area (Å²) < 4.78 is 19.2. The Morgan fingerprint density at radius 1 is 1.38 bits per heavy atom. The fourth-order valence-electron chi connectivity index (χ4n) is 3.14. The normalized spacial score (nSPS) is 15.3. The Kier molecular flexibility index (Phi) is 6.33. The third kappa shape index (κ3) is 4.32. The van der Waals surface area contributed by atoms with E-state index in [1.54, 1.807) is 19.1 Å². The Hall–Kier alpha value is -3.13. The first kappa shape index (κ1) is 20.6. The molecule has 0 bridgehead atoms. The van der Waals surface area contributed by atoms with E-state index in [1.807, 2.05) is 0 Å². The van der Waals surface area contributed by atoms with Crippen molar-refractivity contribution in [3.8, 4) is 0 Å². The monoisotopic (exact) mass is 413 g/mol. The van der Waals surface area contributed by atoms with E-state index in [1.165, 1.54) is 36.0 Å². The van der Waals surface area contributed by atoms with Crippen LogP contribution in [-0.2, 0) is 9.53 Å². The van der Waals surface area contributed by atoms with Gasteiger partial charge in [-0.15, -0.1) is 6.58 Å². The van der Waals surface area contributed by atoms with Crippen LogP contribution in [0.5, 0.6) is 0 Å². The second kappa shape index (κ2) is 8.91. The van der Waals surface area contributed by atoms with Gasteiger partial charge in [0.05, 0.1) is 17.1 Å². The summed E-state index contributed by atoms with van der Waals surface area (Å²) in [5.74, 6) is -1.01. The molecule has 3 rings (SSSR count). The molecule has 1 aromatic carbocycles. The van der Waals surface area contributed by atoms with Crippen LogP contribution >= 0.6 is 11.8 Å². The zero-order chi connectivity index (χ0) is 21.0. The van der Waals surface area contributed by atoms with E-state index >= 15 is 0 Å². The molecule has 1 aromatic heterocycles. The molecule has 0 saturated heterocycles. The van der Waals surface area contributed by atoms with Crippen LogP contribution in [-0.4, -0.2) is 28.3 Å². The average molecular weight is 413 g/mol. The van der Waals surface area contributed by atoms with Gasteiger partial charge in [0, 0.05) is 11.4 Å². The quantitative estimate of drug-likeness (QED) is 0.311. The molecule has 150 valence electrons. The summed E-state index contributed by atoms with van der Waals surface area (Å²) in [6.07, 6.45) is 3.15. The minimum Gasteiger partial charge on any atom is -0.458 e. The number of nitrogens with one attached hydrogen (secondary N) is 2. The third-order valence-electron chi connectivity index (χ3n) is 4.29. The van der Waals surface area contributed by atoms with Crippen molar-refractivity contribution in [1.29, 1.82) is 0 Å². The number of anilines is 1. The lowest BCUT2D eigenvalue weighted by molar-refractivity contribution is -0.138. The number of carbonyl (C=O) groups is 1. The van der Waals surface area contributed by atoms with Crippen LogP contribution in [0.4, 0.5) is 10.2 Å². The molecule has 8 heteroatoms. The number of hydrogen-bond donors (Lipinski definition) is 2. The molecule has 0 saturated carbocycles. The average Bonchev–Trinajstić information content (AvgIpc) is 2.69. The summed E-state index contributed by atoms with van der Waals surface area (Å²) in [6, 6.07) is 5.80. The van der Waals surface area contributed by atoms with Gasteiger partial charge in [0.15, 0.2) is 5.16 Å². The van der Waals surface area contributed by atoms with E-state index in [0.29, 0.717) is 28.0 Å². The van der Waals surface area contributed by atoms with Crippen molar-refractivity contribution in [2.24, 2.45) is 0 Å². The van der Waals surface area contributed by atoms with Gasteiger partial charge >= 0.3 is 5.97 Å². The number of thioether (sulfide) groups is 1. The smallest absolute Gasteiger partial charge is 0.337 e. The highest BCUT2D eigenvalue weighted by Gasteiger charge is 2.36. The van der Waals surface area contributed by atoms with Crippen molar-refractivity contribution in [3.05, 3.63) is 88.1 Å². The lowest BCUT2D eigenvalue weighted by atomic mass is 9.82. The fourth-order valence-corrected chi connectivity index (χ4v) is 3.74. The van der Waals surface area contributed by atoms with Crippen LogP contribution in [0.3, 0.4) is 0 Å². The van der Waals surface area contributed by atoms with E-state index < -0.39 is 23.3 Å². The molecule has 1 unspecified atom stereocenters. The Bertz CT molecular complexity index is 1060. The number of ether oxygens (including phenoxy) is 1. The number of aromatic amines is 1. The van der Waals surface area contributed by atoms with Gasteiger partial charge in [0.2, 0.25) is 0 Å². The topological polar surface area (TPSA) is 84.1 Å². The maximum atomic E-state index is 14.0. The third-order valence-corrected chi connectivity index (χ3v) is 5.16. The number of fused-ring (bicyclic) bond motifs is 1. The number of carbonyl (C=O) groups excluding carboxylic acids is 1. The van der Waals surface area contributed by atoms with Gasteiger partial charge in [-0.25, -0.2) is 14.2 Å². The number of halogens is 1. The van der Waals surface area contributed by atoms with Crippen LogP contribution < -0.4 is 10.9 Å². The molecular weight excluding hydrogens is 393 g/mol. The molecule has 1 aliphatic heterocycles. The molecular formula is C21H20FN3O3S. The molecule has 1 aliphatic rings. The molecule has 2 N–H and O–H groups in total.